The molecule has 0 bridgehead atoms. The van der Waals surface area contributed by atoms with Crippen LogP contribution < -0.4 is 16.0 Å². The lowest BCUT2D eigenvalue weighted by molar-refractivity contribution is -0.840. The number of hydrogen-bond donors (Lipinski definition) is 3. The number of hydrogen-bond acceptors (Lipinski definition) is 4. The average molecular weight is 555 g/mol. The minimum Gasteiger partial charge on any atom is -0.633 e. The van der Waals surface area contributed by atoms with Gasteiger partial charge in [-0.2, -0.15) is 0 Å². The summed E-state index contributed by atoms with van der Waals surface area (Å²) in [4.78, 5) is 35.8. The van der Waals surface area contributed by atoms with Gasteiger partial charge in [0.15, 0.2) is 0 Å². The lowest BCUT2D eigenvalue weighted by atomic mass is 10.1. The molecule has 0 aliphatic heterocycles. The Hall–Kier alpha value is -1.67. The fourth-order valence-corrected chi connectivity index (χ4v) is 4.52. The number of nitrogens with one attached hydrogen (secondary N) is 3. The summed E-state index contributed by atoms with van der Waals surface area (Å²) in [5, 5.41) is 20.2. The van der Waals surface area contributed by atoms with Gasteiger partial charge >= 0.3 is 0 Å². The van der Waals surface area contributed by atoms with E-state index in [1.807, 2.05) is 0 Å². The molecule has 0 fully saturated rings. The van der Waals surface area contributed by atoms with Crippen molar-refractivity contribution in [3.8, 4) is 0 Å². The summed E-state index contributed by atoms with van der Waals surface area (Å²) >= 11 is 0. The van der Waals surface area contributed by atoms with Gasteiger partial charge in [-0.1, -0.05) is 77.6 Å². The van der Waals surface area contributed by atoms with Crippen molar-refractivity contribution in [2.45, 2.75) is 142 Å². The van der Waals surface area contributed by atoms with Gasteiger partial charge in [0.25, 0.3) is 0 Å². The molecule has 0 aliphatic rings. The molecule has 3 N–H and O–H groups in total. The summed E-state index contributed by atoms with van der Waals surface area (Å²) in [5.41, 5.74) is 0. The summed E-state index contributed by atoms with van der Waals surface area (Å²) in [5.74, 6) is -0.0321. The van der Waals surface area contributed by atoms with Crippen molar-refractivity contribution in [1.82, 2.24) is 16.0 Å². The molecule has 0 aliphatic carbocycles. The van der Waals surface area contributed by atoms with E-state index in [0.29, 0.717) is 32.6 Å². The van der Waals surface area contributed by atoms with Crippen LogP contribution in [-0.2, 0) is 14.4 Å². The zero-order valence-electron chi connectivity index (χ0n) is 25.8. The minimum absolute atomic E-state index is 0.0913. The van der Waals surface area contributed by atoms with Crippen LogP contribution in [0.1, 0.15) is 142 Å². The Balaban J connectivity index is 3.40. The van der Waals surface area contributed by atoms with Crippen LogP contribution >= 0.6 is 0 Å². The van der Waals surface area contributed by atoms with E-state index in [1.54, 1.807) is 14.1 Å². The Morgan fingerprint density at radius 1 is 0.487 bits per heavy atom. The van der Waals surface area contributed by atoms with Crippen LogP contribution in [0, 0.1) is 5.21 Å². The number of nitrogens with zero attached hydrogens (tertiary/aromatic N) is 1. The van der Waals surface area contributed by atoms with Gasteiger partial charge in [0, 0.05) is 38.9 Å². The van der Waals surface area contributed by atoms with E-state index in [2.05, 4.69) is 22.9 Å². The molecule has 0 heterocycles. The molecule has 8 heteroatoms. The predicted molar refractivity (Wildman–Crippen MR) is 162 cm³/mol. The molecule has 0 saturated carbocycles. The Labute approximate surface area is 240 Å². The molecule has 8 nitrogen and oxygen atoms in total. The minimum atomic E-state index is -0.253. The van der Waals surface area contributed by atoms with Crippen molar-refractivity contribution in [3.05, 3.63) is 5.21 Å². The monoisotopic (exact) mass is 554 g/mol. The molecule has 0 atom stereocenters. The van der Waals surface area contributed by atoms with Gasteiger partial charge in [0.1, 0.15) is 0 Å². The normalized spacial score (nSPS) is 11.4. The maximum atomic E-state index is 12.0. The van der Waals surface area contributed by atoms with Crippen LogP contribution in [0.2, 0.25) is 0 Å². The standard InChI is InChI=1S/C31H62N4O4/c1-4-5-6-7-8-9-10-11-12-13-17-22-29(36)32-26-19-16-20-27-34-31(38)24-23-30(37)33-25-18-14-15-21-28-35(2,3)39/h4-28H2,1-3H3,(H,32,36)(H,33,37)(H,34,38). The zero-order valence-corrected chi connectivity index (χ0v) is 25.8. The third-order valence-electron chi connectivity index (χ3n) is 7.03. The van der Waals surface area contributed by atoms with Gasteiger partial charge in [-0.25, -0.2) is 0 Å². The van der Waals surface area contributed by atoms with Crippen LogP contribution in [-0.4, -0.2) is 62.6 Å². The molecular formula is C31H62N4O4. The van der Waals surface area contributed by atoms with Crippen LogP contribution in [0.3, 0.4) is 0 Å². The number of hydroxylamine groups is 3. The largest absolute Gasteiger partial charge is 0.633 e. The van der Waals surface area contributed by atoms with Crippen molar-refractivity contribution in [2.75, 3.05) is 40.3 Å². The lowest BCUT2D eigenvalue weighted by Gasteiger charge is -2.33. The number of quaternary nitrogens is 1. The number of unbranched alkanes of at least 4 members (excludes halogenated alkanes) is 15. The quantitative estimate of drug-likeness (QED) is 0.0614. The smallest absolute Gasteiger partial charge is 0.220 e. The van der Waals surface area contributed by atoms with Gasteiger partial charge in [-0.05, 0) is 44.9 Å². The van der Waals surface area contributed by atoms with Gasteiger partial charge in [-0.3, -0.25) is 14.4 Å². The molecule has 0 saturated heterocycles. The highest BCUT2D eigenvalue weighted by molar-refractivity contribution is 5.83. The van der Waals surface area contributed by atoms with Crippen molar-refractivity contribution in [1.29, 1.82) is 0 Å². The van der Waals surface area contributed by atoms with Crippen molar-refractivity contribution in [3.63, 3.8) is 0 Å². The third-order valence-corrected chi connectivity index (χ3v) is 7.03. The Bertz CT molecular complexity index is 608. The van der Waals surface area contributed by atoms with Crippen molar-refractivity contribution in [2.24, 2.45) is 0 Å². The molecule has 39 heavy (non-hydrogen) atoms. The SMILES string of the molecule is CCCCCCCCCCCCCC(=O)NCCCCCNC(=O)CCC(=O)NCCCCCC[N+](C)(C)[O-]. The fourth-order valence-electron chi connectivity index (χ4n) is 4.52. The lowest BCUT2D eigenvalue weighted by Crippen LogP contribution is -2.33. The number of amides is 3. The molecular weight excluding hydrogens is 492 g/mol. The van der Waals surface area contributed by atoms with Crippen LogP contribution in [0.5, 0.6) is 0 Å². The van der Waals surface area contributed by atoms with Crippen molar-refractivity contribution < 1.29 is 19.0 Å². The first-order valence-corrected chi connectivity index (χ1v) is 16.1. The van der Waals surface area contributed by atoms with Gasteiger partial charge in [-0.15, -0.1) is 0 Å². The fraction of sp³-hybridized carbons (Fsp3) is 0.903. The average Bonchev–Trinajstić information content (AvgIpc) is 2.88. The first-order chi connectivity index (χ1) is 18.7. The van der Waals surface area contributed by atoms with Gasteiger partial charge in [0.05, 0.1) is 20.6 Å². The second-order valence-electron chi connectivity index (χ2n) is 11.6. The van der Waals surface area contributed by atoms with E-state index in [0.717, 1.165) is 57.8 Å². The highest BCUT2D eigenvalue weighted by Gasteiger charge is 2.07. The third kappa shape index (κ3) is 30.7. The number of rotatable bonds is 28. The van der Waals surface area contributed by atoms with E-state index >= 15 is 0 Å². The summed E-state index contributed by atoms with van der Waals surface area (Å²) in [7, 11) is 3.30. The maximum absolute atomic E-state index is 12.0. The first-order valence-electron chi connectivity index (χ1n) is 16.1. The highest BCUT2D eigenvalue weighted by atomic mass is 16.5. The van der Waals surface area contributed by atoms with Gasteiger partial charge in [0.2, 0.25) is 17.7 Å². The molecule has 0 spiro atoms. The van der Waals surface area contributed by atoms with E-state index in [9.17, 15) is 19.6 Å². The van der Waals surface area contributed by atoms with E-state index in [-0.39, 0.29) is 35.2 Å². The summed E-state index contributed by atoms with van der Waals surface area (Å²) in [6.07, 6.45) is 21.7. The van der Waals surface area contributed by atoms with Gasteiger partial charge < -0.3 is 25.8 Å². The molecule has 3 amide bonds. The summed E-state index contributed by atoms with van der Waals surface area (Å²) in [6.45, 7) is 4.79. The van der Waals surface area contributed by atoms with Crippen LogP contribution in [0.25, 0.3) is 0 Å². The Morgan fingerprint density at radius 2 is 0.821 bits per heavy atom. The van der Waals surface area contributed by atoms with Crippen LogP contribution in [0.15, 0.2) is 0 Å². The second-order valence-corrected chi connectivity index (χ2v) is 11.6. The van der Waals surface area contributed by atoms with Crippen molar-refractivity contribution >= 4 is 17.7 Å². The number of carbonyl (C=O) groups is 3. The van der Waals surface area contributed by atoms with E-state index in [4.69, 9.17) is 0 Å². The first kappa shape index (κ1) is 37.3. The summed E-state index contributed by atoms with van der Waals surface area (Å²) in [6, 6.07) is 0. The Morgan fingerprint density at radius 3 is 1.26 bits per heavy atom. The predicted octanol–water partition coefficient (Wildman–Crippen LogP) is 6.12. The second kappa shape index (κ2) is 26.5. The van der Waals surface area contributed by atoms with E-state index in [1.165, 1.54) is 57.8 Å². The van der Waals surface area contributed by atoms with E-state index < -0.39 is 0 Å². The molecule has 230 valence electrons. The highest BCUT2D eigenvalue weighted by Crippen LogP contribution is 2.12. The van der Waals surface area contributed by atoms with Crippen LogP contribution in [0.4, 0.5) is 0 Å². The summed E-state index contributed by atoms with van der Waals surface area (Å²) < 4.78 is -0.253. The molecule has 0 aromatic heterocycles. The zero-order chi connectivity index (χ0) is 29.0. The molecule has 0 radical (unpaired) electrons. The number of carbonyl (C=O) groups excluding carboxylic acids is 3. The molecule has 0 aromatic rings. The molecule has 0 unspecified atom stereocenters. The topological polar surface area (TPSA) is 110 Å². The molecule has 0 rings (SSSR count). The molecule has 0 aromatic carbocycles. The maximum Gasteiger partial charge on any atom is 0.220 e. The Kier molecular flexibility index (Phi) is 25.4.